The third kappa shape index (κ3) is 5.81. The first kappa shape index (κ1) is 18.2. The van der Waals surface area contributed by atoms with Gasteiger partial charge in [-0.05, 0) is 42.5 Å². The Balaban J connectivity index is 1.80. The van der Waals surface area contributed by atoms with E-state index in [1.165, 1.54) is 6.08 Å². The fourth-order valence-electron chi connectivity index (χ4n) is 2.15. The lowest BCUT2D eigenvalue weighted by Gasteiger charge is -2.16. The van der Waals surface area contributed by atoms with Crippen molar-refractivity contribution < 1.29 is 14.7 Å². The van der Waals surface area contributed by atoms with Crippen molar-refractivity contribution in [3.8, 4) is 0 Å². The minimum absolute atomic E-state index is 0.0511. The maximum Gasteiger partial charge on any atom is 0.251 e. The van der Waals surface area contributed by atoms with Gasteiger partial charge in [0.25, 0.3) is 5.91 Å². The van der Waals surface area contributed by atoms with E-state index in [1.807, 2.05) is 13.8 Å². The number of aliphatic hydroxyl groups excluding tert-OH is 1. The lowest BCUT2D eigenvalue weighted by molar-refractivity contribution is -0.117. The van der Waals surface area contributed by atoms with Gasteiger partial charge in [0.2, 0.25) is 5.91 Å². The highest BCUT2D eigenvalue weighted by Crippen LogP contribution is 2.19. The zero-order valence-electron chi connectivity index (χ0n) is 14.3. The standard InChI is InChI=1S/C19H26N2O3/c1-3-13(2)17(22)12-20-18(23)11-6-14-4-7-15(8-5-14)19(24)21-16-9-10-16/h4-8,11,13,16-17,22H,3,9-10,12H2,1-2H3,(H,20,23)(H,21,24)/b11-6+. The minimum atomic E-state index is -0.531. The van der Waals surface area contributed by atoms with Gasteiger partial charge in [-0.2, -0.15) is 0 Å². The molecule has 1 aromatic rings. The number of rotatable bonds is 8. The molecular formula is C19H26N2O3. The van der Waals surface area contributed by atoms with Crippen LogP contribution in [0, 0.1) is 5.92 Å². The number of benzene rings is 1. The van der Waals surface area contributed by atoms with E-state index in [-0.39, 0.29) is 24.3 Å². The highest BCUT2D eigenvalue weighted by molar-refractivity contribution is 5.95. The molecular weight excluding hydrogens is 304 g/mol. The molecule has 24 heavy (non-hydrogen) atoms. The Hall–Kier alpha value is -2.14. The first-order chi connectivity index (χ1) is 11.5. The normalized spacial score (nSPS) is 16.6. The number of hydrogen-bond acceptors (Lipinski definition) is 3. The van der Waals surface area contributed by atoms with E-state index >= 15 is 0 Å². The maximum atomic E-state index is 11.9. The quantitative estimate of drug-likeness (QED) is 0.639. The molecule has 3 N–H and O–H groups in total. The molecule has 0 spiro atoms. The molecule has 2 unspecified atom stereocenters. The van der Waals surface area contributed by atoms with E-state index in [2.05, 4.69) is 10.6 Å². The molecule has 2 rings (SSSR count). The van der Waals surface area contributed by atoms with Gasteiger partial charge in [-0.15, -0.1) is 0 Å². The number of nitrogens with one attached hydrogen (secondary N) is 2. The maximum absolute atomic E-state index is 11.9. The summed E-state index contributed by atoms with van der Waals surface area (Å²) in [7, 11) is 0. The molecule has 0 heterocycles. The molecule has 0 bridgehead atoms. The molecule has 1 aromatic carbocycles. The average Bonchev–Trinajstić information content (AvgIpc) is 3.41. The van der Waals surface area contributed by atoms with Gasteiger partial charge in [-0.1, -0.05) is 32.4 Å². The van der Waals surface area contributed by atoms with Crippen LogP contribution >= 0.6 is 0 Å². The van der Waals surface area contributed by atoms with E-state index in [4.69, 9.17) is 0 Å². The van der Waals surface area contributed by atoms with Gasteiger partial charge in [-0.25, -0.2) is 0 Å². The summed E-state index contributed by atoms with van der Waals surface area (Å²) < 4.78 is 0. The molecule has 5 heteroatoms. The lowest BCUT2D eigenvalue weighted by Crippen LogP contribution is -2.34. The van der Waals surface area contributed by atoms with Gasteiger partial charge >= 0.3 is 0 Å². The third-order valence-electron chi connectivity index (χ3n) is 4.30. The van der Waals surface area contributed by atoms with E-state index < -0.39 is 6.10 Å². The molecule has 1 fully saturated rings. The van der Waals surface area contributed by atoms with Gasteiger partial charge in [0, 0.05) is 24.2 Å². The van der Waals surface area contributed by atoms with Crippen molar-refractivity contribution in [2.45, 2.75) is 45.3 Å². The predicted molar refractivity (Wildman–Crippen MR) is 94.4 cm³/mol. The topological polar surface area (TPSA) is 78.4 Å². The molecule has 5 nitrogen and oxygen atoms in total. The Kier molecular flexibility index (Phi) is 6.55. The monoisotopic (exact) mass is 330 g/mol. The summed E-state index contributed by atoms with van der Waals surface area (Å²) in [5.41, 5.74) is 1.47. The first-order valence-corrected chi connectivity index (χ1v) is 8.54. The summed E-state index contributed by atoms with van der Waals surface area (Å²) >= 11 is 0. The SMILES string of the molecule is CCC(C)C(O)CNC(=O)/C=C/c1ccc(C(=O)NC2CC2)cc1. The number of amides is 2. The van der Waals surface area contributed by atoms with Crippen molar-refractivity contribution in [1.29, 1.82) is 0 Å². The molecule has 0 saturated heterocycles. The van der Waals surface area contributed by atoms with Gasteiger partial charge < -0.3 is 15.7 Å². The van der Waals surface area contributed by atoms with Crippen LogP contribution in [0.5, 0.6) is 0 Å². The number of carbonyl (C=O) groups excluding carboxylic acids is 2. The second-order valence-electron chi connectivity index (χ2n) is 6.40. The summed E-state index contributed by atoms with van der Waals surface area (Å²) in [6.07, 6.45) is 5.58. The van der Waals surface area contributed by atoms with Crippen molar-refractivity contribution >= 4 is 17.9 Å². The summed E-state index contributed by atoms with van der Waals surface area (Å²) in [6, 6.07) is 7.45. The van der Waals surface area contributed by atoms with Crippen LogP contribution in [-0.2, 0) is 4.79 Å². The van der Waals surface area contributed by atoms with Crippen LogP contribution in [0.25, 0.3) is 6.08 Å². The van der Waals surface area contributed by atoms with E-state index in [9.17, 15) is 14.7 Å². The molecule has 1 saturated carbocycles. The largest absolute Gasteiger partial charge is 0.391 e. The minimum Gasteiger partial charge on any atom is -0.391 e. The van der Waals surface area contributed by atoms with Crippen LogP contribution in [0.1, 0.15) is 49.0 Å². The Morgan fingerprint density at radius 3 is 2.54 bits per heavy atom. The van der Waals surface area contributed by atoms with Crippen molar-refractivity contribution in [3.05, 3.63) is 41.5 Å². The van der Waals surface area contributed by atoms with Crippen LogP contribution in [0.3, 0.4) is 0 Å². The summed E-state index contributed by atoms with van der Waals surface area (Å²) in [5.74, 6) is -0.138. The van der Waals surface area contributed by atoms with Crippen molar-refractivity contribution in [1.82, 2.24) is 10.6 Å². The molecule has 0 aliphatic heterocycles. The second kappa shape index (κ2) is 8.64. The van der Waals surface area contributed by atoms with Crippen LogP contribution < -0.4 is 10.6 Å². The van der Waals surface area contributed by atoms with Crippen molar-refractivity contribution in [3.63, 3.8) is 0 Å². The van der Waals surface area contributed by atoms with E-state index in [1.54, 1.807) is 30.3 Å². The van der Waals surface area contributed by atoms with E-state index in [0.29, 0.717) is 11.6 Å². The highest BCUT2D eigenvalue weighted by Gasteiger charge is 2.23. The second-order valence-corrected chi connectivity index (χ2v) is 6.40. The van der Waals surface area contributed by atoms with Crippen LogP contribution in [0.4, 0.5) is 0 Å². The Morgan fingerprint density at radius 1 is 1.29 bits per heavy atom. The molecule has 0 radical (unpaired) electrons. The van der Waals surface area contributed by atoms with E-state index in [0.717, 1.165) is 24.8 Å². The van der Waals surface area contributed by atoms with Crippen molar-refractivity contribution in [2.24, 2.45) is 5.92 Å². The fourth-order valence-corrected chi connectivity index (χ4v) is 2.15. The fraction of sp³-hybridized carbons (Fsp3) is 0.474. The van der Waals surface area contributed by atoms with Gasteiger partial charge in [0.1, 0.15) is 0 Å². The lowest BCUT2D eigenvalue weighted by atomic mass is 10.0. The van der Waals surface area contributed by atoms with Crippen LogP contribution in [0.15, 0.2) is 30.3 Å². The number of hydrogen-bond donors (Lipinski definition) is 3. The highest BCUT2D eigenvalue weighted by atomic mass is 16.3. The first-order valence-electron chi connectivity index (χ1n) is 8.54. The Bertz CT molecular complexity index is 591. The van der Waals surface area contributed by atoms with Gasteiger partial charge in [0.05, 0.1) is 6.10 Å². The van der Waals surface area contributed by atoms with Gasteiger partial charge in [0.15, 0.2) is 0 Å². The molecule has 130 valence electrons. The Labute approximate surface area is 143 Å². The third-order valence-corrected chi connectivity index (χ3v) is 4.30. The average molecular weight is 330 g/mol. The van der Waals surface area contributed by atoms with Crippen LogP contribution in [-0.4, -0.2) is 35.6 Å². The zero-order valence-corrected chi connectivity index (χ0v) is 14.3. The van der Waals surface area contributed by atoms with Crippen molar-refractivity contribution in [2.75, 3.05) is 6.54 Å². The molecule has 2 atom stereocenters. The Morgan fingerprint density at radius 2 is 1.96 bits per heavy atom. The molecule has 0 aromatic heterocycles. The number of aliphatic hydroxyl groups is 1. The summed E-state index contributed by atoms with van der Waals surface area (Å²) in [6.45, 7) is 4.20. The molecule has 2 amide bonds. The smallest absolute Gasteiger partial charge is 0.251 e. The summed E-state index contributed by atoms with van der Waals surface area (Å²) in [5, 5.41) is 15.4. The van der Waals surface area contributed by atoms with Gasteiger partial charge in [-0.3, -0.25) is 9.59 Å². The zero-order chi connectivity index (χ0) is 17.5. The predicted octanol–water partition coefficient (Wildman–Crippen LogP) is 2.12. The molecule has 1 aliphatic rings. The van der Waals surface area contributed by atoms with Crippen LogP contribution in [0.2, 0.25) is 0 Å². The molecule has 1 aliphatic carbocycles. The number of carbonyl (C=O) groups is 2. The summed E-state index contributed by atoms with van der Waals surface area (Å²) in [4.78, 5) is 23.6.